The van der Waals surface area contributed by atoms with Crippen molar-refractivity contribution in [3.63, 3.8) is 0 Å². The Bertz CT molecular complexity index is 587. The van der Waals surface area contributed by atoms with E-state index in [4.69, 9.17) is 4.74 Å². The van der Waals surface area contributed by atoms with Gasteiger partial charge in [0.1, 0.15) is 5.82 Å². The average molecular weight is 276 g/mol. The van der Waals surface area contributed by atoms with Gasteiger partial charge in [-0.05, 0) is 25.5 Å². The van der Waals surface area contributed by atoms with E-state index in [1.54, 1.807) is 30.1 Å². The number of esters is 1. The number of ether oxygens (including phenoxy) is 1. The van der Waals surface area contributed by atoms with Crippen LogP contribution < -0.4 is 0 Å². The number of benzene rings is 1. The minimum atomic E-state index is -0.306. The molecule has 4 nitrogen and oxygen atoms in total. The molecule has 0 amide bonds. The molecule has 5 heteroatoms. The lowest BCUT2D eigenvalue weighted by Gasteiger charge is -2.07. The first-order valence-corrected chi connectivity index (χ1v) is 6.50. The van der Waals surface area contributed by atoms with Gasteiger partial charge >= 0.3 is 5.97 Å². The number of rotatable bonds is 5. The molecule has 2 aromatic rings. The number of hydrogen-bond acceptors (Lipinski definition) is 3. The average Bonchev–Trinajstić information content (AvgIpc) is 2.82. The second-order valence-corrected chi connectivity index (χ2v) is 4.55. The van der Waals surface area contributed by atoms with E-state index in [1.165, 1.54) is 6.07 Å². The standard InChI is InChI=1S/C15H17FN2O2/c1-3-20-15(19)7-12-8-18(10-17-12)9-13-11(2)5-4-6-14(13)16/h4-6,8,10H,3,7,9H2,1-2H3. The summed E-state index contributed by atoms with van der Waals surface area (Å²) in [7, 11) is 0. The molecule has 0 aliphatic carbocycles. The Kier molecular flexibility index (Phi) is 4.50. The van der Waals surface area contributed by atoms with Crippen LogP contribution in [0.15, 0.2) is 30.7 Å². The summed E-state index contributed by atoms with van der Waals surface area (Å²) in [6, 6.07) is 5.00. The van der Waals surface area contributed by atoms with Crippen LogP contribution in [0.3, 0.4) is 0 Å². The smallest absolute Gasteiger partial charge is 0.311 e. The molecule has 1 aromatic heterocycles. The van der Waals surface area contributed by atoms with Crippen LogP contribution in [0, 0.1) is 12.7 Å². The summed E-state index contributed by atoms with van der Waals surface area (Å²) in [5.41, 5.74) is 2.15. The van der Waals surface area contributed by atoms with Gasteiger partial charge in [0.2, 0.25) is 0 Å². The maximum absolute atomic E-state index is 13.7. The van der Waals surface area contributed by atoms with Crippen LogP contribution in [0.2, 0.25) is 0 Å². The van der Waals surface area contributed by atoms with Crippen LogP contribution in [0.1, 0.15) is 23.7 Å². The minimum Gasteiger partial charge on any atom is -0.466 e. The third-order valence-corrected chi connectivity index (χ3v) is 3.01. The third-order valence-electron chi connectivity index (χ3n) is 3.01. The van der Waals surface area contributed by atoms with Gasteiger partial charge in [-0.15, -0.1) is 0 Å². The molecule has 0 saturated heterocycles. The Labute approximate surface area is 117 Å². The number of imidazole rings is 1. The van der Waals surface area contributed by atoms with E-state index in [1.807, 2.05) is 13.0 Å². The van der Waals surface area contributed by atoms with Crippen molar-refractivity contribution in [2.45, 2.75) is 26.8 Å². The second-order valence-electron chi connectivity index (χ2n) is 4.55. The largest absolute Gasteiger partial charge is 0.466 e. The summed E-state index contributed by atoms with van der Waals surface area (Å²) < 4.78 is 20.4. The normalized spacial score (nSPS) is 10.6. The van der Waals surface area contributed by atoms with Crippen molar-refractivity contribution in [2.75, 3.05) is 6.61 Å². The number of halogens is 1. The molecule has 1 heterocycles. The molecule has 2 rings (SSSR count). The lowest BCUT2D eigenvalue weighted by molar-refractivity contribution is -0.142. The molecule has 0 saturated carbocycles. The summed E-state index contributed by atoms with van der Waals surface area (Å²) in [6.45, 7) is 4.38. The van der Waals surface area contributed by atoms with Gasteiger partial charge in [0.15, 0.2) is 0 Å². The van der Waals surface area contributed by atoms with Gasteiger partial charge < -0.3 is 9.30 Å². The van der Waals surface area contributed by atoms with Crippen molar-refractivity contribution in [1.82, 2.24) is 9.55 Å². The zero-order valence-electron chi connectivity index (χ0n) is 11.6. The van der Waals surface area contributed by atoms with Gasteiger partial charge in [0, 0.05) is 11.8 Å². The highest BCUT2D eigenvalue weighted by Crippen LogP contribution is 2.14. The third kappa shape index (κ3) is 3.44. The zero-order chi connectivity index (χ0) is 14.5. The van der Waals surface area contributed by atoms with Crippen LogP contribution in [-0.4, -0.2) is 22.1 Å². The van der Waals surface area contributed by atoms with Gasteiger partial charge in [-0.25, -0.2) is 9.37 Å². The Morgan fingerprint density at radius 3 is 2.95 bits per heavy atom. The summed E-state index contributed by atoms with van der Waals surface area (Å²) in [5, 5.41) is 0. The van der Waals surface area contributed by atoms with Gasteiger partial charge in [0.25, 0.3) is 0 Å². The Hall–Kier alpha value is -2.17. The number of nitrogens with zero attached hydrogens (tertiary/aromatic N) is 2. The monoisotopic (exact) mass is 276 g/mol. The fourth-order valence-corrected chi connectivity index (χ4v) is 1.99. The van der Waals surface area contributed by atoms with E-state index < -0.39 is 0 Å². The fourth-order valence-electron chi connectivity index (χ4n) is 1.99. The molecular weight excluding hydrogens is 259 g/mol. The molecule has 106 valence electrons. The van der Waals surface area contributed by atoms with E-state index in [9.17, 15) is 9.18 Å². The van der Waals surface area contributed by atoms with Crippen LogP contribution >= 0.6 is 0 Å². The van der Waals surface area contributed by atoms with Crippen molar-refractivity contribution >= 4 is 5.97 Å². The van der Waals surface area contributed by atoms with Crippen molar-refractivity contribution < 1.29 is 13.9 Å². The number of hydrogen-bond donors (Lipinski definition) is 0. The molecule has 0 atom stereocenters. The number of aromatic nitrogens is 2. The summed E-state index contributed by atoms with van der Waals surface area (Å²) >= 11 is 0. The first-order chi connectivity index (χ1) is 9.60. The predicted octanol–water partition coefficient (Wildman–Crippen LogP) is 2.48. The highest BCUT2D eigenvalue weighted by molar-refractivity contribution is 5.71. The molecule has 0 N–H and O–H groups in total. The Morgan fingerprint density at radius 1 is 1.45 bits per heavy atom. The Morgan fingerprint density at radius 2 is 2.25 bits per heavy atom. The highest BCUT2D eigenvalue weighted by atomic mass is 19.1. The van der Waals surface area contributed by atoms with Gasteiger partial charge in [-0.3, -0.25) is 4.79 Å². The highest BCUT2D eigenvalue weighted by Gasteiger charge is 2.09. The molecule has 0 spiro atoms. The molecule has 0 radical (unpaired) electrons. The molecule has 20 heavy (non-hydrogen) atoms. The van der Waals surface area contributed by atoms with Crippen molar-refractivity contribution in [2.24, 2.45) is 0 Å². The molecule has 0 aliphatic heterocycles. The Balaban J connectivity index is 2.08. The van der Waals surface area contributed by atoms with Crippen molar-refractivity contribution in [3.8, 4) is 0 Å². The lowest BCUT2D eigenvalue weighted by Crippen LogP contribution is -2.07. The zero-order valence-corrected chi connectivity index (χ0v) is 11.6. The van der Waals surface area contributed by atoms with Crippen LogP contribution in [0.4, 0.5) is 4.39 Å². The second kappa shape index (κ2) is 6.32. The summed E-state index contributed by atoms with van der Waals surface area (Å²) in [5.74, 6) is -0.537. The fraction of sp³-hybridized carbons (Fsp3) is 0.333. The molecule has 0 unspecified atom stereocenters. The van der Waals surface area contributed by atoms with Gasteiger partial charge in [-0.1, -0.05) is 12.1 Å². The number of carbonyl (C=O) groups is 1. The lowest BCUT2D eigenvalue weighted by atomic mass is 10.1. The maximum atomic E-state index is 13.7. The first kappa shape index (κ1) is 14.2. The van der Waals surface area contributed by atoms with E-state index in [-0.39, 0.29) is 18.2 Å². The summed E-state index contributed by atoms with van der Waals surface area (Å²) in [6.07, 6.45) is 3.47. The summed E-state index contributed by atoms with van der Waals surface area (Å²) in [4.78, 5) is 15.5. The maximum Gasteiger partial charge on any atom is 0.311 e. The van der Waals surface area contributed by atoms with Crippen molar-refractivity contribution in [3.05, 3.63) is 53.4 Å². The SMILES string of the molecule is CCOC(=O)Cc1cn(Cc2c(C)cccc2F)cn1. The molecule has 0 aliphatic rings. The quantitative estimate of drug-likeness (QED) is 0.788. The number of carbonyl (C=O) groups excluding carboxylic acids is 1. The van der Waals surface area contributed by atoms with E-state index in [0.717, 1.165) is 5.56 Å². The molecule has 1 aromatic carbocycles. The first-order valence-electron chi connectivity index (χ1n) is 6.50. The molecule has 0 bridgehead atoms. The molecular formula is C15H17FN2O2. The van der Waals surface area contributed by atoms with Crippen molar-refractivity contribution in [1.29, 1.82) is 0 Å². The van der Waals surface area contributed by atoms with Gasteiger partial charge in [-0.2, -0.15) is 0 Å². The van der Waals surface area contributed by atoms with Gasteiger partial charge in [0.05, 0.1) is 31.6 Å². The topological polar surface area (TPSA) is 44.1 Å². The van der Waals surface area contributed by atoms with E-state index >= 15 is 0 Å². The van der Waals surface area contributed by atoms with E-state index in [2.05, 4.69) is 4.98 Å². The number of aryl methyl sites for hydroxylation is 1. The minimum absolute atomic E-state index is 0.136. The predicted molar refractivity (Wildman–Crippen MR) is 72.8 cm³/mol. The molecule has 0 fully saturated rings. The van der Waals surface area contributed by atoms with Crippen LogP contribution in [0.5, 0.6) is 0 Å². The van der Waals surface area contributed by atoms with E-state index in [0.29, 0.717) is 24.4 Å². The van der Waals surface area contributed by atoms with Crippen LogP contribution in [-0.2, 0) is 22.5 Å². The van der Waals surface area contributed by atoms with Crippen LogP contribution in [0.25, 0.3) is 0 Å².